The fourth-order valence-corrected chi connectivity index (χ4v) is 2.20. The SMILES string of the molecule is Cc1noc(-c2ccc(C(=O)Nc3cccc(NC(N)=O)c3)cc2)n1. The lowest BCUT2D eigenvalue weighted by Crippen LogP contribution is -2.19. The van der Waals surface area contributed by atoms with Gasteiger partial charge in [-0.05, 0) is 49.4 Å². The number of primary amides is 1. The average Bonchev–Trinajstić information content (AvgIpc) is 3.01. The number of benzene rings is 2. The number of nitrogens with one attached hydrogen (secondary N) is 2. The molecule has 3 rings (SSSR count). The second kappa shape index (κ2) is 6.83. The molecule has 0 spiro atoms. The molecule has 1 aromatic heterocycles. The average molecular weight is 337 g/mol. The number of carbonyl (C=O) groups excluding carboxylic acids is 2. The highest BCUT2D eigenvalue weighted by molar-refractivity contribution is 6.04. The maximum absolute atomic E-state index is 12.3. The Morgan fingerprint density at radius 2 is 1.72 bits per heavy atom. The van der Waals surface area contributed by atoms with Crippen molar-refractivity contribution in [3.63, 3.8) is 0 Å². The van der Waals surface area contributed by atoms with Crippen LogP contribution in [0.4, 0.5) is 16.2 Å². The Labute approximate surface area is 143 Å². The third-order valence-corrected chi connectivity index (χ3v) is 3.31. The largest absolute Gasteiger partial charge is 0.351 e. The quantitative estimate of drug-likeness (QED) is 0.675. The number of nitrogens with two attached hydrogens (primary N) is 1. The van der Waals surface area contributed by atoms with Gasteiger partial charge in [0, 0.05) is 22.5 Å². The standard InChI is InChI=1S/C17H15N5O3/c1-10-19-16(25-22-10)12-7-5-11(6-8-12)15(23)20-13-3-2-4-14(9-13)21-17(18)24/h2-9H,1H3,(H,20,23)(H3,18,21,24). The van der Waals surface area contributed by atoms with Crippen molar-refractivity contribution in [1.29, 1.82) is 0 Å². The normalized spacial score (nSPS) is 10.3. The van der Waals surface area contributed by atoms with Crippen molar-refractivity contribution in [3.8, 4) is 11.5 Å². The van der Waals surface area contributed by atoms with Gasteiger partial charge in [0.25, 0.3) is 11.8 Å². The summed E-state index contributed by atoms with van der Waals surface area (Å²) in [6.45, 7) is 1.73. The maximum atomic E-state index is 12.3. The predicted molar refractivity (Wildman–Crippen MR) is 92.1 cm³/mol. The summed E-state index contributed by atoms with van der Waals surface area (Å²) in [6, 6.07) is 12.8. The molecule has 0 atom stereocenters. The molecule has 2 aromatic carbocycles. The van der Waals surface area contributed by atoms with Gasteiger partial charge in [-0.1, -0.05) is 11.2 Å². The number of anilines is 2. The van der Waals surface area contributed by atoms with Crippen LogP contribution < -0.4 is 16.4 Å². The summed E-state index contributed by atoms with van der Waals surface area (Å²) in [4.78, 5) is 27.3. The van der Waals surface area contributed by atoms with Gasteiger partial charge in [-0.25, -0.2) is 4.79 Å². The first-order chi connectivity index (χ1) is 12.0. The highest BCUT2D eigenvalue weighted by Crippen LogP contribution is 2.19. The van der Waals surface area contributed by atoms with Gasteiger partial charge in [-0.2, -0.15) is 4.98 Å². The number of rotatable bonds is 4. The Hall–Kier alpha value is -3.68. The molecule has 0 aliphatic heterocycles. The first-order valence-corrected chi connectivity index (χ1v) is 7.40. The van der Waals surface area contributed by atoms with E-state index in [0.29, 0.717) is 28.7 Å². The van der Waals surface area contributed by atoms with Crippen LogP contribution in [0.1, 0.15) is 16.2 Å². The summed E-state index contributed by atoms with van der Waals surface area (Å²) in [6.07, 6.45) is 0. The van der Waals surface area contributed by atoms with Gasteiger partial charge in [0.05, 0.1) is 0 Å². The third kappa shape index (κ3) is 3.99. The number of carbonyl (C=O) groups is 2. The van der Waals surface area contributed by atoms with E-state index in [0.717, 1.165) is 5.56 Å². The molecule has 4 N–H and O–H groups in total. The summed E-state index contributed by atoms with van der Waals surface area (Å²) in [7, 11) is 0. The van der Waals surface area contributed by atoms with Crippen LogP contribution >= 0.6 is 0 Å². The van der Waals surface area contributed by atoms with Gasteiger partial charge in [0.1, 0.15) is 0 Å². The van der Waals surface area contributed by atoms with Crippen LogP contribution in [-0.2, 0) is 0 Å². The van der Waals surface area contributed by atoms with Crippen molar-refractivity contribution >= 4 is 23.3 Å². The molecule has 1 heterocycles. The maximum Gasteiger partial charge on any atom is 0.316 e. The smallest absolute Gasteiger partial charge is 0.316 e. The summed E-state index contributed by atoms with van der Waals surface area (Å²) in [5, 5.41) is 8.93. The van der Waals surface area contributed by atoms with E-state index in [4.69, 9.17) is 10.3 Å². The number of amides is 3. The summed E-state index contributed by atoms with van der Waals surface area (Å²) < 4.78 is 5.08. The summed E-state index contributed by atoms with van der Waals surface area (Å²) in [5.74, 6) is 0.653. The van der Waals surface area contributed by atoms with Crippen LogP contribution in [0.15, 0.2) is 53.1 Å². The van der Waals surface area contributed by atoms with E-state index < -0.39 is 6.03 Å². The van der Waals surface area contributed by atoms with E-state index >= 15 is 0 Å². The first-order valence-electron chi connectivity index (χ1n) is 7.40. The van der Waals surface area contributed by atoms with Crippen LogP contribution in [0.25, 0.3) is 11.5 Å². The minimum Gasteiger partial charge on any atom is -0.351 e. The van der Waals surface area contributed by atoms with Crippen molar-refractivity contribution in [2.45, 2.75) is 6.92 Å². The molecule has 25 heavy (non-hydrogen) atoms. The van der Waals surface area contributed by atoms with E-state index in [-0.39, 0.29) is 5.91 Å². The van der Waals surface area contributed by atoms with Crippen LogP contribution in [0.3, 0.4) is 0 Å². The molecular weight excluding hydrogens is 322 g/mol. The molecule has 0 bridgehead atoms. The summed E-state index contributed by atoms with van der Waals surface area (Å²) >= 11 is 0. The number of hydrogen-bond acceptors (Lipinski definition) is 5. The van der Waals surface area contributed by atoms with Gasteiger partial charge in [0.15, 0.2) is 5.82 Å². The topological polar surface area (TPSA) is 123 Å². The lowest BCUT2D eigenvalue weighted by atomic mass is 10.1. The molecule has 0 aliphatic rings. The number of urea groups is 1. The van der Waals surface area contributed by atoms with Crippen molar-refractivity contribution in [1.82, 2.24) is 10.1 Å². The molecule has 0 saturated heterocycles. The minimum absolute atomic E-state index is 0.288. The molecule has 0 fully saturated rings. The van der Waals surface area contributed by atoms with E-state index in [1.165, 1.54) is 0 Å². The molecular formula is C17H15N5O3. The minimum atomic E-state index is -0.671. The second-order valence-electron chi connectivity index (χ2n) is 5.25. The highest BCUT2D eigenvalue weighted by atomic mass is 16.5. The fourth-order valence-electron chi connectivity index (χ4n) is 2.20. The third-order valence-electron chi connectivity index (χ3n) is 3.31. The van der Waals surface area contributed by atoms with Gasteiger partial charge in [0.2, 0.25) is 0 Å². The molecule has 0 radical (unpaired) electrons. The lowest BCUT2D eigenvalue weighted by molar-refractivity contribution is 0.102. The molecule has 8 heteroatoms. The zero-order chi connectivity index (χ0) is 17.8. The van der Waals surface area contributed by atoms with E-state index in [1.54, 1.807) is 55.5 Å². The van der Waals surface area contributed by atoms with Crippen LogP contribution in [-0.4, -0.2) is 22.1 Å². The molecule has 126 valence electrons. The molecule has 3 aromatic rings. The zero-order valence-electron chi connectivity index (χ0n) is 13.3. The second-order valence-corrected chi connectivity index (χ2v) is 5.25. The highest BCUT2D eigenvalue weighted by Gasteiger charge is 2.10. The summed E-state index contributed by atoms with van der Waals surface area (Å²) in [5.41, 5.74) is 7.30. The number of aryl methyl sites for hydroxylation is 1. The van der Waals surface area contributed by atoms with Gasteiger partial charge < -0.3 is 20.9 Å². The predicted octanol–water partition coefficient (Wildman–Crippen LogP) is 2.79. The van der Waals surface area contributed by atoms with E-state index in [2.05, 4.69) is 20.8 Å². The Balaban J connectivity index is 1.72. The molecule has 0 aliphatic carbocycles. The first kappa shape index (κ1) is 16.2. The molecule has 8 nitrogen and oxygen atoms in total. The van der Waals surface area contributed by atoms with Crippen molar-refractivity contribution < 1.29 is 14.1 Å². The monoisotopic (exact) mass is 337 g/mol. The Morgan fingerprint density at radius 3 is 2.32 bits per heavy atom. The zero-order valence-corrected chi connectivity index (χ0v) is 13.3. The van der Waals surface area contributed by atoms with Crippen LogP contribution in [0.2, 0.25) is 0 Å². The van der Waals surface area contributed by atoms with Gasteiger partial charge >= 0.3 is 6.03 Å². The number of aromatic nitrogens is 2. The molecule has 0 saturated carbocycles. The number of hydrogen-bond donors (Lipinski definition) is 3. The Kier molecular flexibility index (Phi) is 4.42. The van der Waals surface area contributed by atoms with Crippen LogP contribution in [0.5, 0.6) is 0 Å². The Bertz CT molecular complexity index is 918. The fraction of sp³-hybridized carbons (Fsp3) is 0.0588. The van der Waals surface area contributed by atoms with E-state index in [1.807, 2.05) is 0 Å². The lowest BCUT2D eigenvalue weighted by Gasteiger charge is -2.08. The molecule has 0 unspecified atom stereocenters. The van der Waals surface area contributed by atoms with Gasteiger partial charge in [-0.3, -0.25) is 4.79 Å². The van der Waals surface area contributed by atoms with Crippen molar-refractivity contribution in [2.24, 2.45) is 5.73 Å². The Morgan fingerprint density at radius 1 is 1.04 bits per heavy atom. The number of nitrogens with zero attached hydrogens (tertiary/aromatic N) is 2. The van der Waals surface area contributed by atoms with Crippen LogP contribution in [0, 0.1) is 6.92 Å². The van der Waals surface area contributed by atoms with Crippen molar-refractivity contribution in [2.75, 3.05) is 10.6 Å². The van der Waals surface area contributed by atoms with E-state index in [9.17, 15) is 9.59 Å². The van der Waals surface area contributed by atoms with Gasteiger partial charge in [-0.15, -0.1) is 0 Å². The molecule has 3 amide bonds. The van der Waals surface area contributed by atoms with Crippen molar-refractivity contribution in [3.05, 3.63) is 59.9 Å².